The molecule has 0 heterocycles. The summed E-state index contributed by atoms with van der Waals surface area (Å²) in [5.41, 5.74) is 6.07. The lowest BCUT2D eigenvalue weighted by molar-refractivity contribution is -0.122. The Morgan fingerprint density at radius 1 is 1.42 bits per heavy atom. The van der Waals surface area contributed by atoms with Gasteiger partial charge in [0.1, 0.15) is 0 Å². The second-order valence-corrected chi connectivity index (χ2v) is 6.00. The zero-order chi connectivity index (χ0) is 14.3. The third-order valence-corrected chi connectivity index (χ3v) is 4.55. The highest BCUT2D eigenvalue weighted by atomic mass is 16.1. The first-order chi connectivity index (χ1) is 9.04. The zero-order valence-electron chi connectivity index (χ0n) is 12.8. The van der Waals surface area contributed by atoms with Crippen molar-refractivity contribution < 1.29 is 4.79 Å². The number of hydrogen-bond donors (Lipinski definition) is 2. The smallest absolute Gasteiger partial charge is 0.220 e. The first-order valence-corrected chi connectivity index (χ1v) is 7.77. The van der Waals surface area contributed by atoms with Crippen molar-refractivity contribution in [3.05, 3.63) is 0 Å². The van der Waals surface area contributed by atoms with Crippen LogP contribution < -0.4 is 11.1 Å². The summed E-state index contributed by atoms with van der Waals surface area (Å²) in [5.74, 6) is 0.556. The fourth-order valence-electron chi connectivity index (χ4n) is 2.70. The van der Waals surface area contributed by atoms with Crippen LogP contribution in [0, 0.1) is 5.92 Å². The van der Waals surface area contributed by atoms with Gasteiger partial charge in [-0.05, 0) is 39.2 Å². The monoisotopic (exact) mass is 269 g/mol. The molecular formula is C15H31N3O. The summed E-state index contributed by atoms with van der Waals surface area (Å²) < 4.78 is 0. The standard InChI is InChI=1S/C15H31N3O/c1-4-12(2)18(3)10-9-17-15(19)11-13-7-5-6-8-14(13)16/h12-14H,4-11,16H2,1-3H3,(H,17,19). The SMILES string of the molecule is CCC(C)N(C)CCNC(=O)CC1CCCCC1N. The number of rotatable bonds is 7. The van der Waals surface area contributed by atoms with E-state index in [2.05, 4.69) is 31.1 Å². The van der Waals surface area contributed by atoms with Crippen LogP contribution in [0.1, 0.15) is 52.4 Å². The highest BCUT2D eigenvalue weighted by molar-refractivity contribution is 5.76. The van der Waals surface area contributed by atoms with Crippen LogP contribution in [0.4, 0.5) is 0 Å². The molecule has 0 bridgehead atoms. The Morgan fingerprint density at radius 3 is 2.74 bits per heavy atom. The predicted molar refractivity (Wildman–Crippen MR) is 79.9 cm³/mol. The summed E-state index contributed by atoms with van der Waals surface area (Å²) in [5, 5.41) is 3.02. The van der Waals surface area contributed by atoms with Crippen molar-refractivity contribution in [3.63, 3.8) is 0 Å². The number of nitrogens with zero attached hydrogens (tertiary/aromatic N) is 1. The minimum Gasteiger partial charge on any atom is -0.355 e. The van der Waals surface area contributed by atoms with Gasteiger partial charge >= 0.3 is 0 Å². The molecule has 3 atom stereocenters. The Morgan fingerprint density at radius 2 is 2.11 bits per heavy atom. The lowest BCUT2D eigenvalue weighted by Gasteiger charge is -2.28. The molecule has 0 aromatic carbocycles. The summed E-state index contributed by atoms with van der Waals surface area (Å²) in [4.78, 5) is 14.2. The van der Waals surface area contributed by atoms with Gasteiger partial charge in [-0.1, -0.05) is 19.8 Å². The van der Waals surface area contributed by atoms with E-state index in [1.807, 2.05) is 0 Å². The molecule has 3 unspecified atom stereocenters. The van der Waals surface area contributed by atoms with Crippen molar-refractivity contribution in [3.8, 4) is 0 Å². The first-order valence-electron chi connectivity index (χ1n) is 7.77. The molecule has 0 spiro atoms. The molecule has 1 aliphatic rings. The molecule has 3 N–H and O–H groups in total. The molecule has 1 fully saturated rings. The van der Waals surface area contributed by atoms with Crippen LogP contribution in [0.3, 0.4) is 0 Å². The molecule has 4 nitrogen and oxygen atoms in total. The second-order valence-electron chi connectivity index (χ2n) is 6.00. The molecule has 0 radical (unpaired) electrons. The number of carbonyl (C=O) groups is 1. The molecule has 1 saturated carbocycles. The number of hydrogen-bond acceptors (Lipinski definition) is 3. The summed E-state index contributed by atoms with van der Waals surface area (Å²) in [6, 6.07) is 0.797. The van der Waals surface area contributed by atoms with Gasteiger partial charge in [0, 0.05) is 31.6 Å². The Bertz CT molecular complexity index is 270. The van der Waals surface area contributed by atoms with Crippen molar-refractivity contribution in [2.75, 3.05) is 20.1 Å². The molecule has 1 rings (SSSR count). The van der Waals surface area contributed by atoms with Crippen LogP contribution in [0.2, 0.25) is 0 Å². The van der Waals surface area contributed by atoms with Gasteiger partial charge in [-0.25, -0.2) is 0 Å². The summed E-state index contributed by atoms with van der Waals surface area (Å²) in [7, 11) is 2.11. The van der Waals surface area contributed by atoms with Crippen LogP contribution in [-0.2, 0) is 4.79 Å². The second kappa shape index (κ2) is 8.54. The Hall–Kier alpha value is -0.610. The predicted octanol–water partition coefficient (Wildman–Crippen LogP) is 1.74. The summed E-state index contributed by atoms with van der Waals surface area (Å²) >= 11 is 0. The van der Waals surface area contributed by atoms with Crippen molar-refractivity contribution in [2.24, 2.45) is 11.7 Å². The first kappa shape index (κ1) is 16.4. The van der Waals surface area contributed by atoms with Gasteiger partial charge in [-0.3, -0.25) is 4.79 Å². The van der Waals surface area contributed by atoms with Crippen molar-refractivity contribution in [2.45, 2.75) is 64.5 Å². The van der Waals surface area contributed by atoms with Crippen molar-refractivity contribution >= 4 is 5.91 Å². The third-order valence-electron chi connectivity index (χ3n) is 4.55. The molecule has 1 amide bonds. The fourth-order valence-corrected chi connectivity index (χ4v) is 2.70. The van der Waals surface area contributed by atoms with Crippen molar-refractivity contribution in [1.82, 2.24) is 10.2 Å². The van der Waals surface area contributed by atoms with Crippen LogP contribution in [-0.4, -0.2) is 43.0 Å². The molecule has 1 aliphatic carbocycles. The Balaban J connectivity index is 2.17. The zero-order valence-corrected chi connectivity index (χ0v) is 12.8. The highest BCUT2D eigenvalue weighted by Crippen LogP contribution is 2.25. The van der Waals surface area contributed by atoms with Gasteiger partial charge in [0.2, 0.25) is 5.91 Å². The molecule has 4 heteroatoms. The number of nitrogens with two attached hydrogens (primary N) is 1. The number of nitrogens with one attached hydrogen (secondary N) is 1. The largest absolute Gasteiger partial charge is 0.355 e. The quantitative estimate of drug-likeness (QED) is 0.740. The van der Waals surface area contributed by atoms with Crippen LogP contribution in [0.25, 0.3) is 0 Å². The van der Waals surface area contributed by atoms with E-state index in [0.717, 1.165) is 32.4 Å². The Labute approximate surface area is 118 Å². The van der Waals surface area contributed by atoms with E-state index in [1.54, 1.807) is 0 Å². The topological polar surface area (TPSA) is 58.4 Å². The van der Waals surface area contributed by atoms with Gasteiger partial charge in [0.15, 0.2) is 0 Å². The molecule has 0 aromatic heterocycles. The summed E-state index contributed by atoms with van der Waals surface area (Å²) in [6.45, 7) is 6.05. The number of carbonyl (C=O) groups excluding carboxylic acids is 1. The summed E-state index contributed by atoms with van der Waals surface area (Å²) in [6.07, 6.45) is 6.38. The van der Waals surface area contributed by atoms with Crippen LogP contribution in [0.5, 0.6) is 0 Å². The average Bonchev–Trinajstić information content (AvgIpc) is 2.40. The average molecular weight is 269 g/mol. The van der Waals surface area contributed by atoms with E-state index in [4.69, 9.17) is 5.73 Å². The minimum absolute atomic E-state index is 0.167. The lowest BCUT2D eigenvalue weighted by atomic mass is 9.83. The molecule has 0 saturated heterocycles. The normalized spacial score (nSPS) is 25.3. The lowest BCUT2D eigenvalue weighted by Crippen LogP contribution is -2.40. The molecule has 0 aromatic rings. The molecular weight excluding hydrogens is 238 g/mol. The third kappa shape index (κ3) is 5.91. The maximum absolute atomic E-state index is 11.9. The van der Waals surface area contributed by atoms with Gasteiger partial charge in [0.05, 0.1) is 0 Å². The number of likely N-dealkylation sites (N-methyl/N-ethyl adjacent to an activating group) is 1. The van der Waals surface area contributed by atoms with Crippen LogP contribution >= 0.6 is 0 Å². The van der Waals surface area contributed by atoms with Gasteiger partial charge < -0.3 is 16.0 Å². The van der Waals surface area contributed by atoms with Gasteiger partial charge in [-0.2, -0.15) is 0 Å². The fraction of sp³-hybridized carbons (Fsp3) is 0.933. The van der Waals surface area contributed by atoms with E-state index < -0.39 is 0 Å². The van der Waals surface area contributed by atoms with Crippen LogP contribution in [0.15, 0.2) is 0 Å². The minimum atomic E-state index is 0.167. The van der Waals surface area contributed by atoms with Crippen molar-refractivity contribution in [1.29, 1.82) is 0 Å². The van der Waals surface area contributed by atoms with E-state index in [0.29, 0.717) is 18.4 Å². The van der Waals surface area contributed by atoms with E-state index in [9.17, 15) is 4.79 Å². The Kier molecular flexibility index (Phi) is 7.39. The van der Waals surface area contributed by atoms with E-state index >= 15 is 0 Å². The van der Waals surface area contributed by atoms with E-state index in [-0.39, 0.29) is 11.9 Å². The maximum atomic E-state index is 11.9. The molecule has 0 aliphatic heterocycles. The molecule has 112 valence electrons. The number of amides is 1. The van der Waals surface area contributed by atoms with E-state index in [1.165, 1.54) is 12.8 Å². The highest BCUT2D eigenvalue weighted by Gasteiger charge is 2.23. The maximum Gasteiger partial charge on any atom is 0.220 e. The van der Waals surface area contributed by atoms with Gasteiger partial charge in [0.25, 0.3) is 0 Å². The van der Waals surface area contributed by atoms with Gasteiger partial charge in [-0.15, -0.1) is 0 Å². The molecule has 19 heavy (non-hydrogen) atoms.